The molecular formula is C22H30O6S. The van der Waals surface area contributed by atoms with Gasteiger partial charge in [-0.15, -0.1) is 0 Å². The standard InChI is InChI=1S/C22H30O6S/c1-16-6-8-19(9-7-16)29(24,25)28-17(2)21(23)12-11-20(3)18(15-21)5-4-10-22(20)26-13-14-27-22/h6-9,15,17,23H,4-5,10-14H2,1-3H3/t17?,20-,21?/m0/s1. The summed E-state index contributed by atoms with van der Waals surface area (Å²) < 4.78 is 43.0. The van der Waals surface area contributed by atoms with Crippen LogP contribution in [-0.4, -0.2) is 44.2 Å². The van der Waals surface area contributed by atoms with E-state index in [9.17, 15) is 13.5 Å². The molecule has 7 heteroatoms. The van der Waals surface area contributed by atoms with E-state index in [2.05, 4.69) is 6.92 Å². The maximum absolute atomic E-state index is 12.7. The summed E-state index contributed by atoms with van der Waals surface area (Å²) in [7, 11) is -3.97. The summed E-state index contributed by atoms with van der Waals surface area (Å²) in [5.74, 6) is -0.628. The fourth-order valence-corrected chi connectivity index (χ4v) is 6.11. The average molecular weight is 423 g/mol. The van der Waals surface area contributed by atoms with Gasteiger partial charge < -0.3 is 14.6 Å². The predicted octanol–water partition coefficient (Wildman–Crippen LogP) is 3.47. The summed E-state index contributed by atoms with van der Waals surface area (Å²) in [5, 5.41) is 11.3. The van der Waals surface area contributed by atoms with E-state index >= 15 is 0 Å². The van der Waals surface area contributed by atoms with Crippen LogP contribution in [0.25, 0.3) is 0 Å². The zero-order valence-corrected chi connectivity index (χ0v) is 18.1. The van der Waals surface area contributed by atoms with Crippen LogP contribution in [0.15, 0.2) is 40.8 Å². The van der Waals surface area contributed by atoms with Gasteiger partial charge in [0, 0.05) is 11.8 Å². The minimum atomic E-state index is -3.97. The molecule has 1 spiro atoms. The first-order valence-electron chi connectivity index (χ1n) is 10.3. The molecule has 29 heavy (non-hydrogen) atoms. The molecule has 2 aliphatic carbocycles. The van der Waals surface area contributed by atoms with E-state index < -0.39 is 27.6 Å². The molecule has 160 valence electrons. The molecule has 3 aliphatic rings. The van der Waals surface area contributed by atoms with Crippen molar-refractivity contribution in [2.24, 2.45) is 5.41 Å². The quantitative estimate of drug-likeness (QED) is 0.591. The summed E-state index contributed by atoms with van der Waals surface area (Å²) in [6.45, 7) is 6.81. The highest BCUT2D eigenvalue weighted by molar-refractivity contribution is 7.86. The second-order valence-corrected chi connectivity index (χ2v) is 10.4. The second-order valence-electron chi connectivity index (χ2n) is 8.80. The van der Waals surface area contributed by atoms with Crippen molar-refractivity contribution in [2.75, 3.05) is 13.2 Å². The predicted molar refractivity (Wildman–Crippen MR) is 108 cm³/mol. The summed E-state index contributed by atoms with van der Waals surface area (Å²) in [6, 6.07) is 6.51. The van der Waals surface area contributed by atoms with E-state index in [1.54, 1.807) is 19.1 Å². The lowest BCUT2D eigenvalue weighted by Gasteiger charge is -2.53. The van der Waals surface area contributed by atoms with Crippen molar-refractivity contribution >= 4 is 10.1 Å². The van der Waals surface area contributed by atoms with Gasteiger partial charge in [0.2, 0.25) is 0 Å². The van der Waals surface area contributed by atoms with Crippen molar-refractivity contribution in [2.45, 2.75) is 75.3 Å². The van der Waals surface area contributed by atoms with E-state index in [0.717, 1.165) is 30.4 Å². The molecule has 2 fully saturated rings. The lowest BCUT2D eigenvalue weighted by atomic mass is 9.59. The summed E-state index contributed by atoms with van der Waals surface area (Å²) in [5.41, 5.74) is 0.366. The molecule has 0 aromatic heterocycles. The zero-order valence-electron chi connectivity index (χ0n) is 17.3. The minimum Gasteiger partial charge on any atom is -0.383 e. The Morgan fingerprint density at radius 2 is 1.76 bits per heavy atom. The molecule has 1 aliphatic heterocycles. The van der Waals surface area contributed by atoms with Crippen LogP contribution >= 0.6 is 0 Å². The lowest BCUT2D eigenvalue weighted by molar-refractivity contribution is -0.241. The van der Waals surface area contributed by atoms with Crippen molar-refractivity contribution in [3.8, 4) is 0 Å². The smallest absolute Gasteiger partial charge is 0.297 e. The van der Waals surface area contributed by atoms with Crippen LogP contribution < -0.4 is 0 Å². The van der Waals surface area contributed by atoms with Gasteiger partial charge in [0.15, 0.2) is 5.79 Å². The molecule has 1 saturated carbocycles. The van der Waals surface area contributed by atoms with Gasteiger partial charge in [0.1, 0.15) is 11.7 Å². The van der Waals surface area contributed by atoms with Gasteiger partial charge in [-0.05, 0) is 51.7 Å². The molecule has 6 nitrogen and oxygen atoms in total. The van der Waals surface area contributed by atoms with Crippen molar-refractivity contribution in [3.63, 3.8) is 0 Å². The highest BCUT2D eigenvalue weighted by atomic mass is 32.2. The number of fused-ring (bicyclic) bond motifs is 2. The third kappa shape index (κ3) is 3.47. The first kappa shape index (κ1) is 21.0. The molecule has 1 saturated heterocycles. The first-order valence-corrected chi connectivity index (χ1v) is 11.7. The van der Waals surface area contributed by atoms with Crippen LogP contribution in [0.2, 0.25) is 0 Å². The molecule has 1 heterocycles. The van der Waals surface area contributed by atoms with Crippen molar-refractivity contribution in [1.82, 2.24) is 0 Å². The van der Waals surface area contributed by atoms with Crippen molar-refractivity contribution in [1.29, 1.82) is 0 Å². The molecule has 1 aromatic rings. The highest BCUT2D eigenvalue weighted by Gasteiger charge is 2.59. The van der Waals surface area contributed by atoms with Gasteiger partial charge in [0.05, 0.1) is 18.1 Å². The Balaban J connectivity index is 1.59. The Bertz CT molecular complexity index is 900. The normalized spacial score (nSPS) is 32.6. The summed E-state index contributed by atoms with van der Waals surface area (Å²) in [6.07, 6.45) is 4.53. The molecular weight excluding hydrogens is 392 g/mol. The first-order chi connectivity index (χ1) is 13.6. The van der Waals surface area contributed by atoms with E-state index in [1.807, 2.05) is 13.0 Å². The Morgan fingerprint density at radius 1 is 1.10 bits per heavy atom. The Morgan fingerprint density at radius 3 is 2.41 bits per heavy atom. The number of hydrogen-bond donors (Lipinski definition) is 1. The molecule has 1 N–H and O–H groups in total. The minimum absolute atomic E-state index is 0.0937. The SMILES string of the molecule is Cc1ccc(S(=O)(=O)OC(C)C2(O)C=C3CCCC4(OCCO4)[C@@]3(C)CC2)cc1. The van der Waals surface area contributed by atoms with E-state index in [-0.39, 0.29) is 10.3 Å². The van der Waals surface area contributed by atoms with Crippen LogP contribution in [0.3, 0.4) is 0 Å². The molecule has 4 rings (SSSR count). The van der Waals surface area contributed by atoms with E-state index in [4.69, 9.17) is 13.7 Å². The molecule has 0 bridgehead atoms. The zero-order chi connectivity index (χ0) is 20.9. The summed E-state index contributed by atoms with van der Waals surface area (Å²) in [4.78, 5) is 0.0937. The number of aliphatic hydroxyl groups is 1. The van der Waals surface area contributed by atoms with Crippen molar-refractivity contribution < 1.29 is 27.2 Å². The molecule has 0 radical (unpaired) electrons. The Hall–Kier alpha value is -1.25. The number of ether oxygens (including phenoxy) is 2. The van der Waals surface area contributed by atoms with E-state index in [0.29, 0.717) is 26.1 Å². The second kappa shape index (κ2) is 7.17. The third-order valence-corrected chi connectivity index (χ3v) is 8.38. The lowest BCUT2D eigenvalue weighted by Crippen LogP contribution is -2.56. The van der Waals surface area contributed by atoms with Crippen molar-refractivity contribution in [3.05, 3.63) is 41.5 Å². The van der Waals surface area contributed by atoms with Crippen LogP contribution in [-0.2, 0) is 23.8 Å². The van der Waals surface area contributed by atoms with Gasteiger partial charge in [-0.3, -0.25) is 4.18 Å². The summed E-state index contributed by atoms with van der Waals surface area (Å²) >= 11 is 0. The molecule has 3 atom stereocenters. The highest BCUT2D eigenvalue weighted by Crippen LogP contribution is 2.58. The number of benzene rings is 1. The largest absolute Gasteiger partial charge is 0.383 e. The average Bonchev–Trinajstić information content (AvgIpc) is 3.14. The van der Waals surface area contributed by atoms with Crippen LogP contribution in [0, 0.1) is 12.3 Å². The molecule has 0 amide bonds. The topological polar surface area (TPSA) is 82.1 Å². The molecule has 2 unspecified atom stereocenters. The number of rotatable bonds is 4. The fourth-order valence-electron chi connectivity index (χ4n) is 4.99. The Kier molecular flexibility index (Phi) is 5.19. The van der Waals surface area contributed by atoms with Crippen LogP contribution in [0.4, 0.5) is 0 Å². The maximum Gasteiger partial charge on any atom is 0.297 e. The Labute approximate surface area is 173 Å². The number of hydrogen-bond acceptors (Lipinski definition) is 6. The van der Waals surface area contributed by atoms with E-state index in [1.165, 1.54) is 12.1 Å². The maximum atomic E-state index is 12.7. The fraction of sp³-hybridized carbons (Fsp3) is 0.636. The van der Waals surface area contributed by atoms with Crippen LogP contribution in [0.5, 0.6) is 0 Å². The van der Waals surface area contributed by atoms with Gasteiger partial charge >= 0.3 is 0 Å². The van der Waals surface area contributed by atoms with Gasteiger partial charge in [-0.2, -0.15) is 8.42 Å². The monoisotopic (exact) mass is 422 g/mol. The number of aryl methyl sites for hydroxylation is 1. The van der Waals surface area contributed by atoms with Gasteiger partial charge in [-0.25, -0.2) is 0 Å². The van der Waals surface area contributed by atoms with Gasteiger partial charge in [-0.1, -0.05) is 36.3 Å². The third-order valence-electron chi connectivity index (χ3n) is 6.99. The molecule has 1 aromatic carbocycles. The van der Waals surface area contributed by atoms with Crippen LogP contribution in [0.1, 0.15) is 51.5 Å². The van der Waals surface area contributed by atoms with Gasteiger partial charge in [0.25, 0.3) is 10.1 Å².